The topological polar surface area (TPSA) is 17.0 Å². The molecule has 1 heterocycles. The standard InChI is InChI=1S/C20H22Cl2N2.ClH/c1-13(2)23-11-18-14(3)24(20-7-5-4-6-17(18)20)12-15-8-9-16(21)10-19(15)22;/h4-10,13,23H,11-12H2,1-3H3;1H. The molecule has 134 valence electrons. The van der Waals surface area contributed by atoms with Gasteiger partial charge in [0.05, 0.1) is 0 Å². The molecule has 0 radical (unpaired) electrons. The van der Waals surface area contributed by atoms with Gasteiger partial charge in [0.25, 0.3) is 0 Å². The van der Waals surface area contributed by atoms with Gasteiger partial charge in [-0.25, -0.2) is 0 Å². The molecular formula is C20H23Cl3N2. The zero-order chi connectivity index (χ0) is 17.3. The van der Waals surface area contributed by atoms with E-state index in [1.54, 1.807) is 6.07 Å². The average Bonchev–Trinajstić information content (AvgIpc) is 2.80. The number of nitrogens with one attached hydrogen (secondary N) is 1. The van der Waals surface area contributed by atoms with Gasteiger partial charge in [0.2, 0.25) is 0 Å². The SMILES string of the molecule is Cc1c(CNC(C)C)c2ccccc2n1Cc1ccc(Cl)cc1Cl.Cl. The molecule has 0 atom stereocenters. The summed E-state index contributed by atoms with van der Waals surface area (Å²) in [6.07, 6.45) is 0. The molecule has 0 saturated heterocycles. The number of halogens is 3. The van der Waals surface area contributed by atoms with Gasteiger partial charge >= 0.3 is 0 Å². The molecule has 0 fully saturated rings. The predicted molar refractivity (Wildman–Crippen MR) is 111 cm³/mol. The van der Waals surface area contributed by atoms with Crippen molar-refractivity contribution in [1.82, 2.24) is 9.88 Å². The van der Waals surface area contributed by atoms with E-state index in [0.717, 1.165) is 18.7 Å². The van der Waals surface area contributed by atoms with Gasteiger partial charge in [-0.15, -0.1) is 12.4 Å². The minimum absolute atomic E-state index is 0. The molecule has 0 aliphatic rings. The van der Waals surface area contributed by atoms with Crippen LogP contribution in [-0.2, 0) is 13.1 Å². The van der Waals surface area contributed by atoms with E-state index < -0.39 is 0 Å². The van der Waals surface area contributed by atoms with E-state index in [-0.39, 0.29) is 12.4 Å². The molecular weight excluding hydrogens is 375 g/mol. The van der Waals surface area contributed by atoms with Gasteiger partial charge in [-0.1, -0.05) is 61.3 Å². The molecule has 5 heteroatoms. The summed E-state index contributed by atoms with van der Waals surface area (Å²) < 4.78 is 2.34. The van der Waals surface area contributed by atoms with Gasteiger partial charge < -0.3 is 9.88 Å². The van der Waals surface area contributed by atoms with Crippen molar-refractivity contribution in [2.45, 2.75) is 39.9 Å². The highest BCUT2D eigenvalue weighted by atomic mass is 35.5. The van der Waals surface area contributed by atoms with Gasteiger partial charge in [-0.2, -0.15) is 0 Å². The fourth-order valence-electron chi connectivity index (χ4n) is 3.06. The van der Waals surface area contributed by atoms with E-state index in [1.807, 2.05) is 12.1 Å². The highest BCUT2D eigenvalue weighted by Crippen LogP contribution is 2.29. The van der Waals surface area contributed by atoms with E-state index >= 15 is 0 Å². The molecule has 3 aromatic rings. The molecule has 25 heavy (non-hydrogen) atoms. The lowest BCUT2D eigenvalue weighted by Crippen LogP contribution is -2.22. The van der Waals surface area contributed by atoms with Crippen LogP contribution >= 0.6 is 35.6 Å². The minimum atomic E-state index is 0. The van der Waals surface area contributed by atoms with Crippen LogP contribution in [0.25, 0.3) is 10.9 Å². The van der Waals surface area contributed by atoms with Crippen molar-refractivity contribution in [3.63, 3.8) is 0 Å². The smallest absolute Gasteiger partial charge is 0.0493 e. The largest absolute Gasteiger partial charge is 0.340 e. The minimum Gasteiger partial charge on any atom is -0.340 e. The predicted octanol–water partition coefficient (Wildman–Crippen LogP) is 6.22. The summed E-state index contributed by atoms with van der Waals surface area (Å²) in [5.74, 6) is 0. The number of para-hydroxylation sites is 1. The van der Waals surface area contributed by atoms with Crippen molar-refractivity contribution in [3.8, 4) is 0 Å². The maximum atomic E-state index is 6.38. The summed E-state index contributed by atoms with van der Waals surface area (Å²) in [5.41, 5.74) is 4.94. The van der Waals surface area contributed by atoms with E-state index in [1.165, 1.54) is 22.2 Å². The van der Waals surface area contributed by atoms with Gasteiger partial charge in [-0.3, -0.25) is 0 Å². The lowest BCUT2D eigenvalue weighted by molar-refractivity contribution is 0.587. The molecule has 2 aromatic carbocycles. The molecule has 1 aromatic heterocycles. The fourth-order valence-corrected chi connectivity index (χ4v) is 3.52. The first-order valence-electron chi connectivity index (χ1n) is 8.21. The Balaban J connectivity index is 0.00000225. The second-order valence-electron chi connectivity index (χ2n) is 6.44. The first-order chi connectivity index (χ1) is 11.5. The van der Waals surface area contributed by atoms with Crippen molar-refractivity contribution in [3.05, 3.63) is 69.3 Å². The third kappa shape index (κ3) is 4.32. The Bertz CT molecular complexity index is 869. The Kier molecular flexibility index (Phi) is 6.81. The van der Waals surface area contributed by atoms with Crippen LogP contribution in [0, 0.1) is 6.92 Å². The van der Waals surface area contributed by atoms with Crippen LogP contribution in [0.5, 0.6) is 0 Å². The van der Waals surface area contributed by atoms with Gasteiger partial charge in [0, 0.05) is 45.8 Å². The van der Waals surface area contributed by atoms with Crippen LogP contribution < -0.4 is 5.32 Å². The van der Waals surface area contributed by atoms with Crippen LogP contribution in [0.2, 0.25) is 10.0 Å². The van der Waals surface area contributed by atoms with Crippen molar-refractivity contribution < 1.29 is 0 Å². The molecule has 1 N–H and O–H groups in total. The van der Waals surface area contributed by atoms with Crippen molar-refractivity contribution in [1.29, 1.82) is 0 Å². The quantitative estimate of drug-likeness (QED) is 0.540. The monoisotopic (exact) mass is 396 g/mol. The van der Waals surface area contributed by atoms with E-state index in [9.17, 15) is 0 Å². The third-order valence-corrected chi connectivity index (χ3v) is 4.98. The van der Waals surface area contributed by atoms with Crippen LogP contribution in [0.4, 0.5) is 0 Å². The van der Waals surface area contributed by atoms with Crippen LogP contribution in [0.15, 0.2) is 42.5 Å². The van der Waals surface area contributed by atoms with Gasteiger partial charge in [0.15, 0.2) is 0 Å². The maximum Gasteiger partial charge on any atom is 0.0493 e. The summed E-state index contributed by atoms with van der Waals surface area (Å²) in [6.45, 7) is 8.13. The van der Waals surface area contributed by atoms with E-state index in [4.69, 9.17) is 23.2 Å². The zero-order valence-corrected chi connectivity index (χ0v) is 17.0. The maximum absolute atomic E-state index is 6.38. The van der Waals surface area contributed by atoms with Crippen LogP contribution in [-0.4, -0.2) is 10.6 Å². The number of fused-ring (bicyclic) bond motifs is 1. The van der Waals surface area contributed by atoms with Crippen molar-refractivity contribution in [2.24, 2.45) is 0 Å². The number of nitrogens with zero attached hydrogens (tertiary/aromatic N) is 1. The first-order valence-corrected chi connectivity index (χ1v) is 8.97. The lowest BCUT2D eigenvalue weighted by atomic mass is 10.1. The summed E-state index contributed by atoms with van der Waals surface area (Å²) in [6, 6.07) is 14.7. The van der Waals surface area contributed by atoms with Gasteiger partial charge in [0.1, 0.15) is 0 Å². The number of benzene rings is 2. The zero-order valence-electron chi connectivity index (χ0n) is 14.6. The molecule has 3 rings (SSSR count). The summed E-state index contributed by atoms with van der Waals surface area (Å²) in [7, 11) is 0. The Morgan fingerprint density at radius 1 is 1.08 bits per heavy atom. The molecule has 0 saturated carbocycles. The highest BCUT2D eigenvalue weighted by Gasteiger charge is 2.15. The summed E-state index contributed by atoms with van der Waals surface area (Å²) in [5, 5.41) is 6.21. The molecule has 0 aliphatic heterocycles. The van der Waals surface area contributed by atoms with E-state index in [2.05, 4.69) is 54.9 Å². The molecule has 0 aliphatic carbocycles. The molecule has 0 amide bonds. The Labute approximate surface area is 165 Å². The number of hydrogen-bond donors (Lipinski definition) is 1. The second kappa shape index (κ2) is 8.46. The van der Waals surface area contributed by atoms with Crippen molar-refractivity contribution >= 4 is 46.5 Å². The number of hydrogen-bond acceptors (Lipinski definition) is 1. The first kappa shape index (κ1) is 20.1. The molecule has 2 nitrogen and oxygen atoms in total. The van der Waals surface area contributed by atoms with Gasteiger partial charge in [-0.05, 0) is 36.2 Å². The Morgan fingerprint density at radius 2 is 1.80 bits per heavy atom. The van der Waals surface area contributed by atoms with E-state index in [0.29, 0.717) is 16.1 Å². The molecule has 0 unspecified atom stereocenters. The normalized spacial score (nSPS) is 11.1. The average molecular weight is 398 g/mol. The highest BCUT2D eigenvalue weighted by molar-refractivity contribution is 6.35. The van der Waals surface area contributed by atoms with Crippen LogP contribution in [0.1, 0.15) is 30.7 Å². The molecule has 0 spiro atoms. The van der Waals surface area contributed by atoms with Crippen LogP contribution in [0.3, 0.4) is 0 Å². The fraction of sp³-hybridized carbons (Fsp3) is 0.300. The number of aromatic nitrogens is 1. The third-order valence-electron chi connectivity index (χ3n) is 4.39. The second-order valence-corrected chi connectivity index (χ2v) is 7.28. The Hall–Kier alpha value is -1.19. The lowest BCUT2D eigenvalue weighted by Gasteiger charge is -2.12. The summed E-state index contributed by atoms with van der Waals surface area (Å²) in [4.78, 5) is 0. The van der Waals surface area contributed by atoms with Crippen molar-refractivity contribution in [2.75, 3.05) is 0 Å². The summed E-state index contributed by atoms with van der Waals surface area (Å²) >= 11 is 12.4. The number of rotatable bonds is 5. The molecule has 0 bridgehead atoms. The Morgan fingerprint density at radius 3 is 2.48 bits per heavy atom.